The van der Waals surface area contributed by atoms with Gasteiger partial charge in [-0.3, -0.25) is 9.59 Å². The van der Waals surface area contributed by atoms with Gasteiger partial charge in [-0.15, -0.1) is 0 Å². The SMILES string of the molecule is CC(=O)c1cccc(NC(=O)Cc2c(C)c3cc4c(cc3oc2=O)OC(C)(C)CC4)c1. The zero-order valence-corrected chi connectivity index (χ0v) is 18.1. The van der Waals surface area contributed by atoms with E-state index in [4.69, 9.17) is 9.15 Å². The first-order chi connectivity index (χ1) is 14.6. The molecule has 1 N–H and O–H groups in total. The lowest BCUT2D eigenvalue weighted by Gasteiger charge is -2.32. The summed E-state index contributed by atoms with van der Waals surface area (Å²) in [6, 6.07) is 10.5. The van der Waals surface area contributed by atoms with Crippen molar-refractivity contribution >= 4 is 28.3 Å². The number of fused-ring (bicyclic) bond motifs is 2. The number of benzene rings is 2. The zero-order valence-electron chi connectivity index (χ0n) is 18.1. The van der Waals surface area contributed by atoms with Crippen LogP contribution in [0.3, 0.4) is 0 Å². The summed E-state index contributed by atoms with van der Waals surface area (Å²) in [6.45, 7) is 7.37. The maximum absolute atomic E-state index is 12.6. The van der Waals surface area contributed by atoms with Gasteiger partial charge in [-0.2, -0.15) is 0 Å². The van der Waals surface area contributed by atoms with Crippen LogP contribution < -0.4 is 15.7 Å². The van der Waals surface area contributed by atoms with Gasteiger partial charge in [-0.1, -0.05) is 12.1 Å². The van der Waals surface area contributed by atoms with Crippen molar-refractivity contribution in [3.8, 4) is 5.75 Å². The molecule has 0 fully saturated rings. The van der Waals surface area contributed by atoms with E-state index >= 15 is 0 Å². The number of anilines is 1. The van der Waals surface area contributed by atoms with Gasteiger partial charge in [0.2, 0.25) is 5.91 Å². The fraction of sp³-hybridized carbons (Fsp3) is 0.320. The van der Waals surface area contributed by atoms with Crippen LogP contribution in [0.15, 0.2) is 45.6 Å². The van der Waals surface area contributed by atoms with Gasteiger partial charge in [0.25, 0.3) is 0 Å². The van der Waals surface area contributed by atoms with Crippen molar-refractivity contribution in [3.63, 3.8) is 0 Å². The molecular formula is C25H25NO5. The Morgan fingerprint density at radius 1 is 1.16 bits per heavy atom. The van der Waals surface area contributed by atoms with Crippen molar-refractivity contribution in [2.24, 2.45) is 0 Å². The third kappa shape index (κ3) is 4.24. The lowest BCUT2D eigenvalue weighted by Crippen LogP contribution is -2.32. The minimum atomic E-state index is -0.535. The van der Waals surface area contributed by atoms with Crippen LogP contribution in [0.5, 0.6) is 5.75 Å². The highest BCUT2D eigenvalue weighted by Gasteiger charge is 2.27. The number of hydrogen-bond acceptors (Lipinski definition) is 5. The molecule has 0 bridgehead atoms. The van der Waals surface area contributed by atoms with Gasteiger partial charge in [0.1, 0.15) is 16.9 Å². The van der Waals surface area contributed by atoms with Crippen LogP contribution >= 0.6 is 0 Å². The molecule has 160 valence electrons. The van der Waals surface area contributed by atoms with Gasteiger partial charge < -0.3 is 14.5 Å². The normalized spacial score (nSPS) is 14.6. The first kappa shape index (κ1) is 20.8. The van der Waals surface area contributed by atoms with Crippen molar-refractivity contribution in [3.05, 3.63) is 69.1 Å². The average Bonchev–Trinajstić information content (AvgIpc) is 2.69. The maximum atomic E-state index is 12.6. The van der Waals surface area contributed by atoms with E-state index in [9.17, 15) is 14.4 Å². The summed E-state index contributed by atoms with van der Waals surface area (Å²) >= 11 is 0. The molecule has 1 aliphatic rings. The van der Waals surface area contributed by atoms with E-state index in [-0.39, 0.29) is 23.7 Å². The molecule has 2 aromatic carbocycles. The first-order valence-electron chi connectivity index (χ1n) is 10.3. The highest BCUT2D eigenvalue weighted by Crippen LogP contribution is 2.36. The van der Waals surface area contributed by atoms with Crippen LogP contribution in [-0.4, -0.2) is 17.3 Å². The molecule has 3 aromatic rings. The van der Waals surface area contributed by atoms with Crippen LogP contribution in [0.1, 0.15) is 54.2 Å². The number of ether oxygens (including phenoxy) is 1. The Labute approximate surface area is 180 Å². The fourth-order valence-electron chi connectivity index (χ4n) is 3.92. The summed E-state index contributed by atoms with van der Waals surface area (Å²) in [6.07, 6.45) is 1.66. The Hall–Kier alpha value is -3.41. The fourth-order valence-corrected chi connectivity index (χ4v) is 3.92. The lowest BCUT2D eigenvalue weighted by molar-refractivity contribution is -0.115. The molecule has 6 nitrogen and oxygen atoms in total. The Bertz CT molecular complexity index is 1270. The second-order valence-corrected chi connectivity index (χ2v) is 8.67. The van der Waals surface area contributed by atoms with Crippen molar-refractivity contribution < 1.29 is 18.7 Å². The molecule has 0 unspecified atom stereocenters. The smallest absolute Gasteiger partial charge is 0.340 e. The van der Waals surface area contributed by atoms with Gasteiger partial charge >= 0.3 is 5.63 Å². The van der Waals surface area contributed by atoms with Gasteiger partial charge in [-0.25, -0.2) is 4.79 Å². The number of Topliss-reactive ketones (excluding diaryl/α,β-unsaturated/α-hetero) is 1. The molecule has 0 saturated carbocycles. The zero-order chi connectivity index (χ0) is 22.3. The average molecular weight is 419 g/mol. The summed E-state index contributed by atoms with van der Waals surface area (Å²) in [5.41, 5.74) is 2.80. The molecule has 1 aliphatic heterocycles. The monoisotopic (exact) mass is 419 g/mol. The Balaban J connectivity index is 1.64. The van der Waals surface area contributed by atoms with E-state index < -0.39 is 5.63 Å². The van der Waals surface area contributed by atoms with Gasteiger partial charge in [-0.05, 0) is 69.9 Å². The predicted molar refractivity (Wildman–Crippen MR) is 119 cm³/mol. The van der Waals surface area contributed by atoms with Gasteiger partial charge in [0, 0.05) is 22.7 Å². The van der Waals surface area contributed by atoms with E-state index in [0.717, 1.165) is 35.1 Å². The van der Waals surface area contributed by atoms with Crippen molar-refractivity contribution in [1.82, 2.24) is 0 Å². The van der Waals surface area contributed by atoms with Crippen LogP contribution in [-0.2, 0) is 17.6 Å². The predicted octanol–water partition coefficient (Wildman–Crippen LogP) is 4.59. The number of rotatable bonds is 4. The van der Waals surface area contributed by atoms with Crippen LogP contribution in [0.2, 0.25) is 0 Å². The molecule has 6 heteroatoms. The summed E-state index contributed by atoms with van der Waals surface area (Å²) in [4.78, 5) is 36.8. The molecule has 0 spiro atoms. The lowest BCUT2D eigenvalue weighted by atomic mass is 9.92. The molecule has 1 aromatic heterocycles. The van der Waals surface area contributed by atoms with E-state index in [1.54, 1.807) is 30.3 Å². The molecule has 1 amide bonds. The molecule has 31 heavy (non-hydrogen) atoms. The number of carbonyl (C=O) groups is 2. The second kappa shape index (κ2) is 7.69. The van der Waals surface area contributed by atoms with Crippen molar-refractivity contribution in [1.29, 1.82) is 0 Å². The number of amides is 1. The minimum Gasteiger partial charge on any atom is -0.487 e. The van der Waals surface area contributed by atoms with Crippen molar-refractivity contribution in [2.75, 3.05) is 5.32 Å². The standard InChI is InChI=1S/C25H25NO5/c1-14-19-11-17-8-9-25(3,4)31-21(17)13-22(19)30-24(29)20(14)12-23(28)26-18-7-5-6-16(10-18)15(2)27/h5-7,10-11,13H,8-9,12H2,1-4H3,(H,26,28). The van der Waals surface area contributed by atoms with Crippen LogP contribution in [0, 0.1) is 6.92 Å². The Morgan fingerprint density at radius 2 is 1.94 bits per heavy atom. The third-order valence-electron chi connectivity index (χ3n) is 5.74. The Kier molecular flexibility index (Phi) is 5.17. The summed E-state index contributed by atoms with van der Waals surface area (Å²) in [5.74, 6) is 0.304. The van der Waals surface area contributed by atoms with E-state index in [1.165, 1.54) is 6.92 Å². The Morgan fingerprint density at radius 3 is 2.68 bits per heavy atom. The highest BCUT2D eigenvalue weighted by atomic mass is 16.5. The van der Waals surface area contributed by atoms with E-state index in [1.807, 2.05) is 26.8 Å². The molecule has 0 aliphatic carbocycles. The number of nitrogens with one attached hydrogen (secondary N) is 1. The quantitative estimate of drug-likeness (QED) is 0.494. The van der Waals surface area contributed by atoms with Gasteiger partial charge in [0.05, 0.1) is 12.0 Å². The molecule has 2 heterocycles. The molecule has 4 rings (SSSR count). The van der Waals surface area contributed by atoms with Crippen molar-refractivity contribution in [2.45, 2.75) is 52.6 Å². The van der Waals surface area contributed by atoms with Crippen LogP contribution in [0.4, 0.5) is 5.69 Å². The van der Waals surface area contributed by atoms with E-state index in [2.05, 4.69) is 5.32 Å². The number of aryl methyl sites for hydroxylation is 2. The second-order valence-electron chi connectivity index (χ2n) is 8.67. The molecule has 0 radical (unpaired) electrons. The van der Waals surface area contributed by atoms with Crippen LogP contribution in [0.25, 0.3) is 11.0 Å². The largest absolute Gasteiger partial charge is 0.487 e. The minimum absolute atomic E-state index is 0.0854. The van der Waals surface area contributed by atoms with Gasteiger partial charge in [0.15, 0.2) is 5.78 Å². The summed E-state index contributed by atoms with van der Waals surface area (Å²) in [7, 11) is 0. The number of ketones is 1. The maximum Gasteiger partial charge on any atom is 0.340 e. The molecule has 0 saturated heterocycles. The first-order valence-corrected chi connectivity index (χ1v) is 10.3. The van der Waals surface area contributed by atoms with E-state index in [0.29, 0.717) is 22.4 Å². The number of carbonyl (C=O) groups excluding carboxylic acids is 2. The molecular weight excluding hydrogens is 394 g/mol. The molecule has 0 atom stereocenters. The number of hydrogen-bond donors (Lipinski definition) is 1. The topological polar surface area (TPSA) is 85.6 Å². The third-order valence-corrected chi connectivity index (χ3v) is 5.74. The summed E-state index contributed by atoms with van der Waals surface area (Å²) < 4.78 is 11.6. The summed E-state index contributed by atoms with van der Waals surface area (Å²) in [5, 5.41) is 3.56. The highest BCUT2D eigenvalue weighted by molar-refractivity contribution is 5.97.